The van der Waals surface area contributed by atoms with E-state index < -0.39 is 0 Å². The molecule has 0 saturated carbocycles. The van der Waals surface area contributed by atoms with Crippen LogP contribution >= 0.6 is 11.3 Å². The summed E-state index contributed by atoms with van der Waals surface area (Å²) < 4.78 is 5.32. The summed E-state index contributed by atoms with van der Waals surface area (Å²) in [7, 11) is 3.54. The monoisotopic (exact) mass is 275 g/mol. The predicted octanol–water partition coefficient (Wildman–Crippen LogP) is 2.51. The minimum absolute atomic E-state index is 0.509. The van der Waals surface area contributed by atoms with Crippen molar-refractivity contribution in [3.63, 3.8) is 0 Å². The highest BCUT2D eigenvalue weighted by atomic mass is 32.1. The second kappa shape index (κ2) is 6.36. The van der Waals surface area contributed by atoms with E-state index in [2.05, 4.69) is 10.3 Å². The van der Waals surface area contributed by atoms with Crippen LogP contribution in [0.25, 0.3) is 0 Å². The molecule has 0 atom stereocenters. The van der Waals surface area contributed by atoms with Crippen LogP contribution in [0.4, 0.5) is 5.69 Å². The van der Waals surface area contributed by atoms with E-state index in [0.29, 0.717) is 5.84 Å². The predicted molar refractivity (Wildman–Crippen MR) is 80.5 cm³/mol. The minimum atomic E-state index is 0.509. The molecule has 0 saturated heterocycles. The Morgan fingerprint density at radius 3 is 2.89 bits per heavy atom. The van der Waals surface area contributed by atoms with Gasteiger partial charge in [-0.2, -0.15) is 0 Å². The molecular weight excluding hydrogens is 258 g/mol. The van der Waals surface area contributed by atoms with Gasteiger partial charge in [-0.15, -0.1) is 11.3 Å². The van der Waals surface area contributed by atoms with Gasteiger partial charge in [0.2, 0.25) is 0 Å². The van der Waals surface area contributed by atoms with Gasteiger partial charge in [-0.1, -0.05) is 12.1 Å². The summed E-state index contributed by atoms with van der Waals surface area (Å²) in [6.45, 7) is 0.783. The first kappa shape index (κ1) is 13.6. The summed E-state index contributed by atoms with van der Waals surface area (Å²) >= 11 is 1.57. The molecule has 0 unspecified atom stereocenters. The number of nitrogens with one attached hydrogen (secondary N) is 1. The topological polar surface area (TPSA) is 59.6 Å². The Hall–Kier alpha value is -1.85. The van der Waals surface area contributed by atoms with Gasteiger partial charge in [0.15, 0.2) is 0 Å². The van der Waals surface area contributed by atoms with Crippen molar-refractivity contribution in [2.45, 2.75) is 6.54 Å². The maximum absolute atomic E-state index is 6.01. The first-order valence-electron chi connectivity index (χ1n) is 5.94. The number of hydrogen-bond donors (Lipinski definition) is 2. The second-order valence-electron chi connectivity index (χ2n) is 4.01. The number of thiophene rings is 1. The molecule has 3 N–H and O–H groups in total. The van der Waals surface area contributed by atoms with E-state index in [1.807, 2.05) is 42.8 Å². The summed E-state index contributed by atoms with van der Waals surface area (Å²) in [4.78, 5) is 5.43. The third-order valence-electron chi connectivity index (χ3n) is 2.64. The van der Waals surface area contributed by atoms with Crippen LogP contribution in [0.2, 0.25) is 0 Å². The molecule has 0 aliphatic heterocycles. The Bertz CT molecular complexity index is 564. The van der Waals surface area contributed by atoms with Crippen molar-refractivity contribution in [1.29, 1.82) is 0 Å². The second-order valence-corrected chi connectivity index (χ2v) is 4.96. The Kier molecular flexibility index (Phi) is 4.54. The van der Waals surface area contributed by atoms with Gasteiger partial charge in [0.25, 0.3) is 0 Å². The maximum atomic E-state index is 6.01. The fourth-order valence-corrected chi connectivity index (χ4v) is 2.37. The zero-order valence-electron chi connectivity index (χ0n) is 11.0. The molecule has 0 spiro atoms. The lowest BCUT2D eigenvalue weighted by atomic mass is 10.2. The number of rotatable bonds is 5. The molecule has 0 amide bonds. The van der Waals surface area contributed by atoms with E-state index in [1.165, 1.54) is 0 Å². The van der Waals surface area contributed by atoms with Crippen LogP contribution in [-0.4, -0.2) is 20.0 Å². The van der Waals surface area contributed by atoms with Crippen LogP contribution in [0.15, 0.2) is 40.7 Å². The van der Waals surface area contributed by atoms with Crippen molar-refractivity contribution in [1.82, 2.24) is 5.32 Å². The van der Waals surface area contributed by atoms with E-state index in [4.69, 9.17) is 10.5 Å². The van der Waals surface area contributed by atoms with Crippen molar-refractivity contribution in [2.75, 3.05) is 14.2 Å². The standard InChI is InChI=1S/C14H17N3OS/c1-16-9-10-5-6-12(18-2)11(8-10)17-14(15)13-4-3-7-19-13/h3-8,16H,9H2,1-2H3,(H2,15,17). The molecule has 0 aliphatic carbocycles. The molecule has 19 heavy (non-hydrogen) atoms. The molecule has 100 valence electrons. The van der Waals surface area contributed by atoms with Gasteiger partial charge in [-0.05, 0) is 36.2 Å². The molecule has 0 aliphatic rings. The summed E-state index contributed by atoms with van der Waals surface area (Å²) in [6.07, 6.45) is 0. The van der Waals surface area contributed by atoms with Crippen molar-refractivity contribution in [3.05, 3.63) is 46.2 Å². The molecule has 1 aromatic carbocycles. The molecule has 5 heteroatoms. The van der Waals surface area contributed by atoms with E-state index >= 15 is 0 Å². The van der Waals surface area contributed by atoms with E-state index in [0.717, 1.165) is 28.4 Å². The molecule has 1 aromatic heterocycles. The molecular formula is C14H17N3OS. The fraction of sp³-hybridized carbons (Fsp3) is 0.214. The van der Waals surface area contributed by atoms with E-state index in [9.17, 15) is 0 Å². The van der Waals surface area contributed by atoms with Gasteiger partial charge < -0.3 is 15.8 Å². The van der Waals surface area contributed by atoms with Crippen LogP contribution in [-0.2, 0) is 6.54 Å². The van der Waals surface area contributed by atoms with Gasteiger partial charge in [0.1, 0.15) is 17.3 Å². The summed E-state index contributed by atoms with van der Waals surface area (Å²) in [6, 6.07) is 9.81. The highest BCUT2D eigenvalue weighted by Crippen LogP contribution is 2.29. The van der Waals surface area contributed by atoms with E-state index in [1.54, 1.807) is 18.4 Å². The Morgan fingerprint density at radius 2 is 2.26 bits per heavy atom. The first-order valence-corrected chi connectivity index (χ1v) is 6.82. The average molecular weight is 275 g/mol. The lowest BCUT2D eigenvalue weighted by molar-refractivity contribution is 0.416. The van der Waals surface area contributed by atoms with Crippen LogP contribution in [0.5, 0.6) is 5.75 Å². The Labute approximate surface area is 116 Å². The lowest BCUT2D eigenvalue weighted by Gasteiger charge is -2.08. The lowest BCUT2D eigenvalue weighted by Crippen LogP contribution is -2.11. The molecule has 0 fully saturated rings. The van der Waals surface area contributed by atoms with Crippen molar-refractivity contribution >= 4 is 22.9 Å². The fourth-order valence-electron chi connectivity index (χ4n) is 1.75. The quantitative estimate of drug-likeness (QED) is 0.651. The van der Waals surface area contributed by atoms with Gasteiger partial charge in [0.05, 0.1) is 12.0 Å². The third-order valence-corrected chi connectivity index (χ3v) is 3.53. The number of methoxy groups -OCH3 is 1. The van der Waals surface area contributed by atoms with Crippen LogP contribution < -0.4 is 15.8 Å². The molecule has 0 radical (unpaired) electrons. The SMILES string of the molecule is CNCc1ccc(OC)c(N=C(N)c2cccs2)c1. The van der Waals surface area contributed by atoms with Crippen molar-refractivity contribution in [3.8, 4) is 5.75 Å². The van der Waals surface area contributed by atoms with Gasteiger partial charge in [-0.3, -0.25) is 0 Å². The first-order chi connectivity index (χ1) is 9.24. The third kappa shape index (κ3) is 3.33. The minimum Gasteiger partial charge on any atom is -0.494 e. The largest absolute Gasteiger partial charge is 0.494 e. The average Bonchev–Trinajstić information content (AvgIpc) is 2.93. The van der Waals surface area contributed by atoms with Crippen molar-refractivity contribution in [2.24, 2.45) is 10.7 Å². The number of nitrogens with two attached hydrogens (primary N) is 1. The highest BCUT2D eigenvalue weighted by molar-refractivity contribution is 7.12. The van der Waals surface area contributed by atoms with E-state index in [-0.39, 0.29) is 0 Å². The highest BCUT2D eigenvalue weighted by Gasteiger charge is 2.06. The summed E-state index contributed by atoms with van der Waals surface area (Å²) in [5.41, 5.74) is 7.90. The molecule has 2 aromatic rings. The van der Waals surface area contributed by atoms with Gasteiger partial charge in [0, 0.05) is 6.54 Å². The number of ether oxygens (including phenoxy) is 1. The number of nitrogens with zero attached hydrogens (tertiary/aromatic N) is 1. The van der Waals surface area contributed by atoms with Crippen molar-refractivity contribution < 1.29 is 4.74 Å². The molecule has 2 rings (SSSR count). The van der Waals surface area contributed by atoms with Crippen LogP contribution in [0.1, 0.15) is 10.4 Å². The number of benzene rings is 1. The Morgan fingerprint density at radius 1 is 1.42 bits per heavy atom. The summed E-state index contributed by atoms with van der Waals surface area (Å²) in [5.74, 6) is 1.23. The van der Waals surface area contributed by atoms with Gasteiger partial charge in [-0.25, -0.2) is 4.99 Å². The number of amidine groups is 1. The molecule has 1 heterocycles. The van der Waals surface area contributed by atoms with Crippen LogP contribution in [0, 0.1) is 0 Å². The van der Waals surface area contributed by atoms with Gasteiger partial charge >= 0.3 is 0 Å². The zero-order valence-corrected chi connectivity index (χ0v) is 11.8. The zero-order chi connectivity index (χ0) is 13.7. The smallest absolute Gasteiger partial charge is 0.144 e. The maximum Gasteiger partial charge on any atom is 0.144 e. The van der Waals surface area contributed by atoms with Crippen LogP contribution in [0.3, 0.4) is 0 Å². The Balaban J connectivity index is 2.36. The molecule has 4 nitrogen and oxygen atoms in total. The molecule has 0 bridgehead atoms. The number of aliphatic imine (C=N–C) groups is 1. The normalized spacial score (nSPS) is 11.6. The summed E-state index contributed by atoms with van der Waals surface area (Å²) in [5, 5.41) is 5.09. The number of hydrogen-bond acceptors (Lipinski definition) is 4.